The highest BCUT2D eigenvalue weighted by atomic mass is 19.2. The van der Waals surface area contributed by atoms with Gasteiger partial charge in [-0.3, -0.25) is 0 Å². The minimum absolute atomic E-state index is 0.303. The van der Waals surface area contributed by atoms with Gasteiger partial charge in [-0.25, -0.2) is 8.78 Å². The monoisotopic (exact) mass is 301 g/mol. The number of rotatable bonds is 6. The molecule has 4 nitrogen and oxygen atoms in total. The number of aliphatic hydroxyl groups is 1. The van der Waals surface area contributed by atoms with Crippen LogP contribution in [0.1, 0.15) is 24.4 Å². The van der Waals surface area contributed by atoms with Crippen molar-refractivity contribution in [2.24, 2.45) is 0 Å². The minimum Gasteiger partial charge on any atom is -0.388 e. The van der Waals surface area contributed by atoms with Gasteiger partial charge in [-0.1, -0.05) is 6.07 Å². The van der Waals surface area contributed by atoms with Gasteiger partial charge in [0.15, 0.2) is 11.6 Å². The highest BCUT2D eigenvalue weighted by Crippen LogP contribution is 2.22. The number of halogens is 2. The molecule has 1 aliphatic rings. The average Bonchev–Trinajstić information content (AvgIpc) is 2.47. The van der Waals surface area contributed by atoms with Gasteiger partial charge in [0.1, 0.15) is 0 Å². The molecule has 1 heterocycles. The second-order valence-corrected chi connectivity index (χ2v) is 5.40. The minimum atomic E-state index is -0.889. The fourth-order valence-electron chi connectivity index (χ4n) is 2.41. The topological polar surface area (TPSA) is 50.7 Å². The summed E-state index contributed by atoms with van der Waals surface area (Å²) in [4.78, 5) is 0. The molecule has 1 atom stereocenters. The van der Waals surface area contributed by atoms with Gasteiger partial charge >= 0.3 is 0 Å². The molecule has 118 valence electrons. The van der Waals surface area contributed by atoms with Crippen molar-refractivity contribution in [3.05, 3.63) is 35.4 Å². The molecule has 1 fully saturated rings. The first kappa shape index (κ1) is 16.3. The van der Waals surface area contributed by atoms with Crippen LogP contribution in [0, 0.1) is 11.6 Å². The van der Waals surface area contributed by atoms with Gasteiger partial charge in [-0.15, -0.1) is 0 Å². The Morgan fingerprint density at radius 2 is 2.05 bits per heavy atom. The van der Waals surface area contributed by atoms with Crippen LogP contribution in [0.3, 0.4) is 0 Å². The smallest absolute Gasteiger partial charge is 0.159 e. The van der Waals surface area contributed by atoms with Crippen LogP contribution >= 0.6 is 0 Å². The zero-order valence-electron chi connectivity index (χ0n) is 12.1. The normalized spacial score (nSPS) is 19.4. The SMILES string of the molecule is COCC(NCC1(O)CCOCC1)c1ccc(F)c(F)c1. The van der Waals surface area contributed by atoms with Crippen LogP contribution in [0.15, 0.2) is 18.2 Å². The quantitative estimate of drug-likeness (QED) is 0.841. The van der Waals surface area contributed by atoms with Crippen molar-refractivity contribution >= 4 is 0 Å². The molecule has 1 aliphatic heterocycles. The maximum absolute atomic E-state index is 13.3. The van der Waals surface area contributed by atoms with E-state index in [0.29, 0.717) is 44.8 Å². The van der Waals surface area contributed by atoms with Crippen molar-refractivity contribution in [1.82, 2.24) is 5.32 Å². The largest absolute Gasteiger partial charge is 0.388 e. The molecule has 0 aromatic heterocycles. The second kappa shape index (κ2) is 7.26. The lowest BCUT2D eigenvalue weighted by molar-refractivity contribution is -0.0637. The third kappa shape index (κ3) is 4.44. The van der Waals surface area contributed by atoms with Crippen LogP contribution in [0.25, 0.3) is 0 Å². The van der Waals surface area contributed by atoms with Gasteiger partial charge in [-0.2, -0.15) is 0 Å². The molecule has 1 aromatic carbocycles. The average molecular weight is 301 g/mol. The molecule has 6 heteroatoms. The van der Waals surface area contributed by atoms with Crippen molar-refractivity contribution in [2.45, 2.75) is 24.5 Å². The lowest BCUT2D eigenvalue weighted by Gasteiger charge is -2.33. The van der Waals surface area contributed by atoms with Crippen LogP contribution in [0.2, 0.25) is 0 Å². The molecule has 2 rings (SSSR count). The van der Waals surface area contributed by atoms with Gasteiger partial charge in [0.05, 0.1) is 18.2 Å². The third-order valence-electron chi connectivity index (χ3n) is 3.78. The summed E-state index contributed by atoms with van der Waals surface area (Å²) in [5.41, 5.74) is -0.241. The Hall–Kier alpha value is -1.08. The molecule has 1 saturated heterocycles. The Morgan fingerprint density at radius 1 is 1.33 bits per heavy atom. The highest BCUT2D eigenvalue weighted by molar-refractivity contribution is 5.21. The van der Waals surface area contributed by atoms with Crippen molar-refractivity contribution < 1.29 is 23.4 Å². The number of methoxy groups -OCH3 is 1. The van der Waals surface area contributed by atoms with E-state index in [4.69, 9.17) is 9.47 Å². The van der Waals surface area contributed by atoms with E-state index >= 15 is 0 Å². The molecular formula is C15H21F2NO3. The molecule has 1 unspecified atom stereocenters. The fourth-order valence-corrected chi connectivity index (χ4v) is 2.41. The van der Waals surface area contributed by atoms with Gasteiger partial charge in [0, 0.05) is 39.7 Å². The number of benzene rings is 1. The summed E-state index contributed by atoms with van der Waals surface area (Å²) in [6, 6.07) is 3.46. The molecular weight excluding hydrogens is 280 g/mol. The maximum Gasteiger partial charge on any atom is 0.159 e. The number of nitrogens with one attached hydrogen (secondary N) is 1. The summed E-state index contributed by atoms with van der Waals surface area (Å²) in [7, 11) is 1.54. The van der Waals surface area contributed by atoms with E-state index in [1.165, 1.54) is 13.2 Å². The molecule has 0 bridgehead atoms. The van der Waals surface area contributed by atoms with Gasteiger partial charge in [0.25, 0.3) is 0 Å². The van der Waals surface area contributed by atoms with E-state index in [1.54, 1.807) is 0 Å². The van der Waals surface area contributed by atoms with Crippen LogP contribution in [0.5, 0.6) is 0 Å². The van der Waals surface area contributed by atoms with Crippen LogP contribution in [-0.4, -0.2) is 44.2 Å². The first-order chi connectivity index (χ1) is 10.0. The van der Waals surface area contributed by atoms with Crippen molar-refractivity contribution in [3.63, 3.8) is 0 Å². The van der Waals surface area contributed by atoms with Crippen molar-refractivity contribution in [1.29, 1.82) is 0 Å². The third-order valence-corrected chi connectivity index (χ3v) is 3.78. The summed E-state index contributed by atoms with van der Waals surface area (Å²) >= 11 is 0. The number of hydrogen-bond donors (Lipinski definition) is 2. The van der Waals surface area contributed by atoms with E-state index < -0.39 is 17.2 Å². The molecule has 2 N–H and O–H groups in total. The van der Waals surface area contributed by atoms with Crippen LogP contribution in [0.4, 0.5) is 8.78 Å². The summed E-state index contributed by atoms with van der Waals surface area (Å²) in [5.74, 6) is -1.77. The zero-order chi connectivity index (χ0) is 15.3. The van der Waals surface area contributed by atoms with Crippen molar-refractivity contribution in [2.75, 3.05) is 33.5 Å². The van der Waals surface area contributed by atoms with Crippen LogP contribution in [-0.2, 0) is 9.47 Å². The molecule has 0 aliphatic carbocycles. The van der Waals surface area contributed by atoms with E-state index in [2.05, 4.69) is 5.32 Å². The summed E-state index contributed by atoms with van der Waals surface area (Å²) in [6.45, 7) is 1.71. The molecule has 0 spiro atoms. The Bertz CT molecular complexity index is 464. The predicted octanol–water partition coefficient (Wildman–Crippen LogP) is 1.78. The van der Waals surface area contributed by atoms with Gasteiger partial charge < -0.3 is 19.9 Å². The lowest BCUT2D eigenvalue weighted by atomic mass is 9.93. The predicted molar refractivity (Wildman–Crippen MR) is 74.0 cm³/mol. The van der Waals surface area contributed by atoms with Crippen LogP contribution < -0.4 is 5.32 Å². The molecule has 0 amide bonds. The molecule has 1 aromatic rings. The molecule has 21 heavy (non-hydrogen) atoms. The molecule has 0 radical (unpaired) electrons. The van der Waals surface area contributed by atoms with Crippen molar-refractivity contribution in [3.8, 4) is 0 Å². The molecule has 0 saturated carbocycles. The fraction of sp³-hybridized carbons (Fsp3) is 0.600. The standard InChI is InChI=1S/C15H21F2NO3/c1-20-9-14(11-2-3-12(16)13(17)8-11)18-10-15(19)4-6-21-7-5-15/h2-3,8,14,18-19H,4-7,9-10H2,1H3. The number of hydrogen-bond acceptors (Lipinski definition) is 4. The Balaban J connectivity index is 2.02. The van der Waals surface area contributed by atoms with Gasteiger partial charge in [0.2, 0.25) is 0 Å². The Kier molecular flexibility index (Phi) is 5.64. The maximum atomic E-state index is 13.3. The van der Waals surface area contributed by atoms with E-state index in [0.717, 1.165) is 12.1 Å². The highest BCUT2D eigenvalue weighted by Gasteiger charge is 2.30. The lowest BCUT2D eigenvalue weighted by Crippen LogP contribution is -2.46. The zero-order valence-corrected chi connectivity index (χ0v) is 12.1. The number of ether oxygens (including phenoxy) is 2. The van der Waals surface area contributed by atoms with E-state index in [9.17, 15) is 13.9 Å². The first-order valence-corrected chi connectivity index (χ1v) is 7.01. The first-order valence-electron chi connectivity index (χ1n) is 7.01. The Labute approximate surface area is 123 Å². The van der Waals surface area contributed by atoms with Gasteiger partial charge in [-0.05, 0) is 17.7 Å². The Morgan fingerprint density at radius 3 is 2.67 bits per heavy atom. The summed E-state index contributed by atoms with van der Waals surface area (Å²) in [5, 5.41) is 13.6. The van der Waals surface area contributed by atoms with E-state index in [-0.39, 0.29) is 6.04 Å². The summed E-state index contributed by atoms with van der Waals surface area (Å²) < 4.78 is 36.7. The summed E-state index contributed by atoms with van der Waals surface area (Å²) in [6.07, 6.45) is 1.11. The van der Waals surface area contributed by atoms with E-state index in [1.807, 2.05) is 0 Å². The second-order valence-electron chi connectivity index (χ2n) is 5.40.